The van der Waals surface area contributed by atoms with Crippen LogP contribution in [0.4, 0.5) is 0 Å². The van der Waals surface area contributed by atoms with Gasteiger partial charge in [-0.15, -0.1) is 0 Å². The van der Waals surface area contributed by atoms with E-state index in [0.29, 0.717) is 12.8 Å². The van der Waals surface area contributed by atoms with Gasteiger partial charge in [0.1, 0.15) is 0 Å². The lowest BCUT2D eigenvalue weighted by Crippen LogP contribution is -2.57. The van der Waals surface area contributed by atoms with Crippen molar-refractivity contribution in [3.05, 3.63) is 34.3 Å². The summed E-state index contributed by atoms with van der Waals surface area (Å²) in [5, 5.41) is 9.90. The van der Waals surface area contributed by atoms with Crippen molar-refractivity contribution in [3.63, 3.8) is 0 Å². The van der Waals surface area contributed by atoms with E-state index in [0.717, 1.165) is 10.0 Å². The zero-order valence-corrected chi connectivity index (χ0v) is 11.5. The highest BCUT2D eigenvalue weighted by Gasteiger charge is 2.57. The van der Waals surface area contributed by atoms with Crippen molar-refractivity contribution < 1.29 is 14.6 Å². The summed E-state index contributed by atoms with van der Waals surface area (Å²) in [5.41, 5.74) is -0.580. The van der Waals surface area contributed by atoms with Gasteiger partial charge in [-0.3, -0.25) is 4.79 Å². The molecule has 0 unspecified atom stereocenters. The van der Waals surface area contributed by atoms with E-state index < -0.39 is 11.0 Å². The number of hydrogen-bond donors (Lipinski definition) is 1. The molecule has 0 bridgehead atoms. The van der Waals surface area contributed by atoms with E-state index in [4.69, 9.17) is 4.74 Å². The van der Waals surface area contributed by atoms with Crippen molar-refractivity contribution in [1.29, 1.82) is 0 Å². The highest BCUT2D eigenvalue weighted by molar-refractivity contribution is 9.10. The van der Waals surface area contributed by atoms with E-state index in [-0.39, 0.29) is 5.97 Å². The van der Waals surface area contributed by atoms with E-state index in [1.807, 2.05) is 24.3 Å². The van der Waals surface area contributed by atoms with Crippen LogP contribution in [0.2, 0.25) is 0 Å². The van der Waals surface area contributed by atoms with Crippen molar-refractivity contribution in [1.82, 2.24) is 0 Å². The van der Waals surface area contributed by atoms with Crippen molar-refractivity contribution in [2.45, 2.75) is 30.8 Å². The maximum Gasteiger partial charge on any atom is 0.316 e. The number of halogens is 1. The normalized spacial score (nSPS) is 31.8. The molecule has 2 rings (SSSR count). The molecule has 17 heavy (non-hydrogen) atoms. The van der Waals surface area contributed by atoms with Crippen LogP contribution in [0, 0.1) is 0 Å². The van der Waals surface area contributed by atoms with E-state index >= 15 is 0 Å². The molecule has 4 heteroatoms. The molecule has 0 aliphatic heterocycles. The molecule has 1 aromatic rings. The number of ether oxygens (including phenoxy) is 1. The predicted molar refractivity (Wildman–Crippen MR) is 67.7 cm³/mol. The Morgan fingerprint density at radius 3 is 2.59 bits per heavy atom. The Hall–Kier alpha value is -0.870. The Balaban J connectivity index is 2.40. The lowest BCUT2D eigenvalue weighted by molar-refractivity contribution is -0.165. The minimum atomic E-state index is -0.781. The predicted octanol–water partition coefficient (Wildman–Crippen LogP) is 2.40. The summed E-state index contributed by atoms with van der Waals surface area (Å²) in [6.45, 7) is 1.74. The van der Waals surface area contributed by atoms with Crippen LogP contribution >= 0.6 is 15.9 Å². The number of hydrogen-bond acceptors (Lipinski definition) is 3. The molecule has 0 amide bonds. The fourth-order valence-corrected chi connectivity index (χ4v) is 3.10. The first-order valence-corrected chi connectivity index (χ1v) is 6.26. The topological polar surface area (TPSA) is 46.5 Å². The van der Waals surface area contributed by atoms with Crippen LogP contribution < -0.4 is 0 Å². The second-order valence-corrected chi connectivity index (χ2v) is 5.85. The third-order valence-corrected chi connectivity index (χ3v) is 3.81. The molecule has 0 radical (unpaired) electrons. The van der Waals surface area contributed by atoms with Gasteiger partial charge in [-0.05, 0) is 37.5 Å². The molecule has 1 saturated carbocycles. The summed E-state index contributed by atoms with van der Waals surface area (Å²) in [4.78, 5) is 12.0. The number of benzene rings is 1. The third kappa shape index (κ3) is 2.11. The first kappa shape index (κ1) is 12.6. The average molecular weight is 299 g/mol. The Kier molecular flexibility index (Phi) is 3.04. The molecule has 1 N–H and O–H groups in total. The van der Waals surface area contributed by atoms with Gasteiger partial charge in [0, 0.05) is 4.47 Å². The van der Waals surface area contributed by atoms with Crippen LogP contribution in [0.1, 0.15) is 25.3 Å². The fraction of sp³-hybridized carbons (Fsp3) is 0.462. The van der Waals surface area contributed by atoms with Crippen molar-refractivity contribution in [2.24, 2.45) is 0 Å². The molecule has 0 spiro atoms. The highest BCUT2D eigenvalue weighted by Crippen LogP contribution is 2.51. The van der Waals surface area contributed by atoms with Gasteiger partial charge in [0.15, 0.2) is 0 Å². The Morgan fingerprint density at radius 1 is 1.47 bits per heavy atom. The zero-order valence-electron chi connectivity index (χ0n) is 9.87. The van der Waals surface area contributed by atoms with Crippen LogP contribution in [0.3, 0.4) is 0 Å². The van der Waals surface area contributed by atoms with Gasteiger partial charge in [0.2, 0.25) is 0 Å². The molecule has 0 aromatic heterocycles. The molecular weight excluding hydrogens is 284 g/mol. The van der Waals surface area contributed by atoms with Gasteiger partial charge >= 0.3 is 5.97 Å². The SMILES string of the molecule is COC(=O)C1(c2cccc(Br)c2)CC(C)(O)C1. The van der Waals surface area contributed by atoms with Crippen molar-refractivity contribution in [2.75, 3.05) is 7.11 Å². The number of esters is 1. The van der Waals surface area contributed by atoms with Crippen molar-refractivity contribution in [3.8, 4) is 0 Å². The minimum Gasteiger partial charge on any atom is -0.468 e. The van der Waals surface area contributed by atoms with Crippen molar-refractivity contribution >= 4 is 21.9 Å². The third-order valence-electron chi connectivity index (χ3n) is 3.32. The fourth-order valence-electron chi connectivity index (χ4n) is 2.70. The summed E-state index contributed by atoms with van der Waals surface area (Å²) >= 11 is 3.39. The van der Waals surface area contributed by atoms with Gasteiger partial charge in [-0.2, -0.15) is 0 Å². The largest absolute Gasteiger partial charge is 0.468 e. The molecule has 0 atom stereocenters. The van der Waals surface area contributed by atoms with Crippen LogP contribution in [0.25, 0.3) is 0 Å². The molecule has 1 aromatic carbocycles. The Morgan fingerprint density at radius 2 is 2.12 bits per heavy atom. The number of carbonyl (C=O) groups excluding carboxylic acids is 1. The molecule has 0 heterocycles. The molecule has 1 fully saturated rings. The zero-order chi connectivity index (χ0) is 12.7. The van der Waals surface area contributed by atoms with E-state index in [1.54, 1.807) is 6.92 Å². The molecule has 1 aliphatic rings. The molecular formula is C13H15BrO3. The van der Waals surface area contributed by atoms with Gasteiger partial charge in [-0.1, -0.05) is 28.1 Å². The molecule has 92 valence electrons. The monoisotopic (exact) mass is 298 g/mol. The number of methoxy groups -OCH3 is 1. The standard InChI is InChI=1S/C13H15BrO3/c1-12(16)7-13(8-12,11(15)17-2)9-4-3-5-10(14)6-9/h3-6,16H,7-8H2,1-2H3. The number of carbonyl (C=O) groups is 1. The second kappa shape index (κ2) is 4.10. The molecule has 1 aliphatic carbocycles. The van der Waals surface area contributed by atoms with Crippen LogP contribution in [0.5, 0.6) is 0 Å². The first-order valence-electron chi connectivity index (χ1n) is 5.46. The minimum absolute atomic E-state index is 0.276. The lowest BCUT2D eigenvalue weighted by atomic mass is 9.56. The summed E-state index contributed by atoms with van der Waals surface area (Å²) in [5.74, 6) is -0.276. The second-order valence-electron chi connectivity index (χ2n) is 4.93. The molecule has 0 saturated heterocycles. The van der Waals surface area contributed by atoms with E-state index in [2.05, 4.69) is 15.9 Å². The highest BCUT2D eigenvalue weighted by atomic mass is 79.9. The summed E-state index contributed by atoms with van der Waals surface area (Å²) < 4.78 is 5.80. The van der Waals surface area contributed by atoms with Crippen LogP contribution in [-0.4, -0.2) is 23.8 Å². The number of aliphatic hydroxyl groups is 1. The van der Waals surface area contributed by atoms with E-state index in [1.165, 1.54) is 7.11 Å². The summed E-state index contributed by atoms with van der Waals surface area (Å²) in [6.07, 6.45) is 0.812. The lowest BCUT2D eigenvalue weighted by Gasteiger charge is -2.49. The van der Waals surface area contributed by atoms with Gasteiger partial charge in [-0.25, -0.2) is 0 Å². The maximum atomic E-state index is 12.0. The maximum absolute atomic E-state index is 12.0. The molecule has 3 nitrogen and oxygen atoms in total. The quantitative estimate of drug-likeness (QED) is 0.853. The van der Waals surface area contributed by atoms with Gasteiger partial charge in [0.05, 0.1) is 18.1 Å². The van der Waals surface area contributed by atoms with E-state index in [9.17, 15) is 9.90 Å². The van der Waals surface area contributed by atoms with Crippen LogP contribution in [0.15, 0.2) is 28.7 Å². The van der Waals surface area contributed by atoms with Gasteiger partial charge in [0.25, 0.3) is 0 Å². The average Bonchev–Trinajstić information content (AvgIpc) is 2.24. The summed E-state index contributed by atoms with van der Waals surface area (Å²) in [6, 6.07) is 7.60. The number of rotatable bonds is 2. The Bertz CT molecular complexity index is 446. The Labute approximate surface area is 109 Å². The smallest absolute Gasteiger partial charge is 0.316 e. The summed E-state index contributed by atoms with van der Waals surface area (Å²) in [7, 11) is 1.38. The van der Waals surface area contributed by atoms with Crippen LogP contribution in [-0.2, 0) is 14.9 Å². The first-order chi connectivity index (χ1) is 7.89. The van der Waals surface area contributed by atoms with Gasteiger partial charge < -0.3 is 9.84 Å².